The van der Waals surface area contributed by atoms with Gasteiger partial charge in [-0.2, -0.15) is 0 Å². The molecule has 0 saturated carbocycles. The van der Waals surface area contributed by atoms with Crippen molar-refractivity contribution in [3.63, 3.8) is 0 Å². The second-order valence-electron chi connectivity index (χ2n) is 4.95. The van der Waals surface area contributed by atoms with Gasteiger partial charge >= 0.3 is 0 Å². The predicted molar refractivity (Wildman–Crippen MR) is 80.6 cm³/mol. The van der Waals surface area contributed by atoms with Crippen LogP contribution in [0.5, 0.6) is 0 Å². The minimum absolute atomic E-state index is 0.298. The highest BCUT2D eigenvalue weighted by Gasteiger charge is 2.11. The summed E-state index contributed by atoms with van der Waals surface area (Å²) in [6.45, 7) is 0.606. The first-order chi connectivity index (χ1) is 10.3. The number of alkyl halides is 2. The maximum Gasteiger partial charge on any atom is 0.127 e. The molecule has 0 heterocycles. The summed E-state index contributed by atoms with van der Waals surface area (Å²) in [5.41, 5.74) is 1.32. The van der Waals surface area contributed by atoms with E-state index in [1.54, 1.807) is 24.3 Å². The van der Waals surface area contributed by atoms with Crippen molar-refractivity contribution >= 4 is 0 Å². The smallest absolute Gasteiger partial charge is 0.127 e. The molecule has 0 fully saturated rings. The molecule has 0 saturated heterocycles. The third-order valence-corrected chi connectivity index (χ3v) is 3.35. The summed E-state index contributed by atoms with van der Waals surface area (Å²) >= 11 is 0. The molecular weight excluding hydrogens is 270 g/mol. The maximum atomic E-state index is 13.8. The molecule has 0 aromatic heterocycles. The Bertz CT molecular complexity index is 454. The molecule has 112 valence electrons. The van der Waals surface area contributed by atoms with Gasteiger partial charge in [0.15, 0.2) is 0 Å². The van der Waals surface area contributed by atoms with Crippen molar-refractivity contribution in [2.75, 3.05) is 13.2 Å². The van der Waals surface area contributed by atoms with Crippen LogP contribution >= 0.6 is 0 Å². The normalized spacial score (nSPS) is 13.8. The van der Waals surface area contributed by atoms with E-state index < -0.39 is 12.3 Å². The summed E-state index contributed by atoms with van der Waals surface area (Å²) in [5, 5.41) is 0. The topological polar surface area (TPSA) is 9.23 Å². The summed E-state index contributed by atoms with van der Waals surface area (Å²) in [6, 6.07) is 18.0. The Hall–Kier alpha value is -1.74. The molecule has 0 amide bonds. The van der Waals surface area contributed by atoms with Crippen molar-refractivity contribution < 1.29 is 13.5 Å². The lowest BCUT2D eigenvalue weighted by molar-refractivity contribution is 0.0940. The predicted octanol–water partition coefficient (Wildman–Crippen LogP) is 5.20. The molecule has 2 rings (SSSR count). The number of rotatable bonds is 8. The van der Waals surface area contributed by atoms with Crippen molar-refractivity contribution in [3.05, 3.63) is 71.8 Å². The summed E-state index contributed by atoms with van der Waals surface area (Å²) in [5.74, 6) is 0. The van der Waals surface area contributed by atoms with E-state index in [2.05, 4.69) is 0 Å². The van der Waals surface area contributed by atoms with E-state index >= 15 is 0 Å². The van der Waals surface area contributed by atoms with E-state index in [0.29, 0.717) is 37.2 Å². The largest absolute Gasteiger partial charge is 0.381 e. The van der Waals surface area contributed by atoms with Crippen LogP contribution in [0.3, 0.4) is 0 Å². The van der Waals surface area contributed by atoms with Gasteiger partial charge in [-0.1, -0.05) is 60.7 Å². The molecule has 3 heteroatoms. The highest BCUT2D eigenvalue weighted by Crippen LogP contribution is 2.22. The fourth-order valence-electron chi connectivity index (χ4n) is 2.13. The van der Waals surface area contributed by atoms with Crippen LogP contribution in [0.25, 0.3) is 0 Å². The quantitative estimate of drug-likeness (QED) is 0.607. The molecule has 21 heavy (non-hydrogen) atoms. The monoisotopic (exact) mass is 290 g/mol. The standard InChI is InChI=1S/C18H20F2O/c19-17(15-7-3-1-4-8-15)11-13-21-14-12-18(20)16-9-5-2-6-10-16/h1-10,17-18H,11-14H2. The Morgan fingerprint density at radius 3 is 1.43 bits per heavy atom. The van der Waals surface area contributed by atoms with Crippen LogP contribution in [0.1, 0.15) is 36.3 Å². The zero-order valence-corrected chi connectivity index (χ0v) is 11.9. The third-order valence-electron chi connectivity index (χ3n) is 3.35. The lowest BCUT2D eigenvalue weighted by Gasteiger charge is -2.11. The van der Waals surface area contributed by atoms with E-state index in [9.17, 15) is 8.78 Å². The molecule has 1 nitrogen and oxygen atoms in total. The highest BCUT2D eigenvalue weighted by atomic mass is 19.1. The van der Waals surface area contributed by atoms with Crippen molar-refractivity contribution in [3.8, 4) is 0 Å². The average molecular weight is 290 g/mol. The molecular formula is C18H20F2O. The van der Waals surface area contributed by atoms with E-state index in [-0.39, 0.29) is 0 Å². The highest BCUT2D eigenvalue weighted by molar-refractivity contribution is 5.18. The molecule has 0 bridgehead atoms. The van der Waals surface area contributed by atoms with E-state index in [0.717, 1.165) is 0 Å². The summed E-state index contributed by atoms with van der Waals surface area (Å²) < 4.78 is 33.0. The van der Waals surface area contributed by atoms with Crippen LogP contribution < -0.4 is 0 Å². The van der Waals surface area contributed by atoms with Gasteiger partial charge in [0.2, 0.25) is 0 Å². The van der Waals surface area contributed by atoms with E-state index in [4.69, 9.17) is 4.74 Å². The molecule has 0 spiro atoms. The summed E-state index contributed by atoms with van der Waals surface area (Å²) in [7, 11) is 0. The van der Waals surface area contributed by atoms with Gasteiger partial charge < -0.3 is 4.74 Å². The first kappa shape index (κ1) is 15.6. The van der Waals surface area contributed by atoms with Crippen molar-refractivity contribution in [1.29, 1.82) is 0 Å². The van der Waals surface area contributed by atoms with Gasteiger partial charge in [0.1, 0.15) is 12.3 Å². The number of halogens is 2. The number of ether oxygens (including phenoxy) is 1. The number of hydrogen-bond donors (Lipinski definition) is 0. The Morgan fingerprint density at radius 1 is 0.667 bits per heavy atom. The molecule has 0 aliphatic carbocycles. The second-order valence-corrected chi connectivity index (χ2v) is 4.95. The minimum atomic E-state index is -1.03. The van der Waals surface area contributed by atoms with E-state index in [1.807, 2.05) is 36.4 Å². The molecule has 2 aromatic rings. The van der Waals surface area contributed by atoms with Crippen molar-refractivity contribution in [1.82, 2.24) is 0 Å². The number of hydrogen-bond acceptors (Lipinski definition) is 1. The van der Waals surface area contributed by atoms with Gasteiger partial charge in [0.25, 0.3) is 0 Å². The Labute approximate surface area is 124 Å². The van der Waals surface area contributed by atoms with Gasteiger partial charge in [0.05, 0.1) is 0 Å². The second kappa shape index (κ2) is 8.53. The Morgan fingerprint density at radius 2 is 1.05 bits per heavy atom. The average Bonchev–Trinajstić information content (AvgIpc) is 2.55. The van der Waals surface area contributed by atoms with Crippen molar-refractivity contribution in [2.24, 2.45) is 0 Å². The molecule has 0 radical (unpaired) electrons. The molecule has 0 aliphatic heterocycles. The maximum absolute atomic E-state index is 13.8. The summed E-state index contributed by atoms with van der Waals surface area (Å²) in [6.07, 6.45) is -1.46. The first-order valence-corrected chi connectivity index (χ1v) is 7.23. The van der Waals surface area contributed by atoms with Gasteiger partial charge in [-0.15, -0.1) is 0 Å². The molecule has 2 unspecified atom stereocenters. The third kappa shape index (κ3) is 5.27. The van der Waals surface area contributed by atoms with E-state index in [1.165, 1.54) is 0 Å². The molecule has 2 aromatic carbocycles. The van der Waals surface area contributed by atoms with Crippen LogP contribution in [-0.4, -0.2) is 13.2 Å². The van der Waals surface area contributed by atoms with Crippen LogP contribution in [0.15, 0.2) is 60.7 Å². The number of benzene rings is 2. The molecule has 0 aliphatic rings. The summed E-state index contributed by atoms with van der Waals surface area (Å²) in [4.78, 5) is 0. The molecule has 2 atom stereocenters. The fourth-order valence-corrected chi connectivity index (χ4v) is 2.13. The van der Waals surface area contributed by atoms with Gasteiger partial charge in [0, 0.05) is 26.1 Å². The van der Waals surface area contributed by atoms with Crippen molar-refractivity contribution in [2.45, 2.75) is 25.2 Å². The lowest BCUT2D eigenvalue weighted by atomic mass is 10.1. The lowest BCUT2D eigenvalue weighted by Crippen LogP contribution is -2.04. The van der Waals surface area contributed by atoms with Crippen LogP contribution in [0.2, 0.25) is 0 Å². The zero-order valence-electron chi connectivity index (χ0n) is 11.9. The SMILES string of the molecule is FC(CCOCCC(F)c1ccccc1)c1ccccc1. The Kier molecular flexibility index (Phi) is 6.35. The zero-order chi connectivity index (χ0) is 14.9. The Balaban J connectivity index is 1.62. The van der Waals surface area contributed by atoms with Crippen LogP contribution in [-0.2, 0) is 4.74 Å². The minimum Gasteiger partial charge on any atom is -0.381 e. The van der Waals surface area contributed by atoms with Crippen LogP contribution in [0, 0.1) is 0 Å². The van der Waals surface area contributed by atoms with Gasteiger partial charge in [-0.05, 0) is 11.1 Å². The van der Waals surface area contributed by atoms with Crippen LogP contribution in [0.4, 0.5) is 8.78 Å². The van der Waals surface area contributed by atoms with Gasteiger partial charge in [-0.25, -0.2) is 8.78 Å². The molecule has 0 N–H and O–H groups in total. The first-order valence-electron chi connectivity index (χ1n) is 7.23. The van der Waals surface area contributed by atoms with Gasteiger partial charge in [-0.3, -0.25) is 0 Å². The fraction of sp³-hybridized carbons (Fsp3) is 0.333.